The predicted molar refractivity (Wildman–Crippen MR) is 92.4 cm³/mol. The highest BCUT2D eigenvalue weighted by Gasteiger charge is 2.27. The molecule has 0 saturated heterocycles. The summed E-state index contributed by atoms with van der Waals surface area (Å²) in [4.78, 5) is 32.2. The van der Waals surface area contributed by atoms with Gasteiger partial charge >= 0.3 is 5.97 Å². The highest BCUT2D eigenvalue weighted by molar-refractivity contribution is 6.00. The molecule has 2 rings (SSSR count). The second-order valence-electron chi connectivity index (χ2n) is 6.30. The van der Waals surface area contributed by atoms with Gasteiger partial charge in [0.05, 0.1) is 18.7 Å². The molecule has 0 aromatic carbocycles. The number of carbonyl (C=O) groups is 2. The number of nitrogens with zero attached hydrogens (tertiary/aromatic N) is 2. The Morgan fingerprint density at radius 2 is 1.96 bits per heavy atom. The van der Waals surface area contributed by atoms with E-state index in [1.807, 2.05) is 20.8 Å². The van der Waals surface area contributed by atoms with Crippen LogP contribution in [0.3, 0.4) is 0 Å². The van der Waals surface area contributed by atoms with Gasteiger partial charge in [0.15, 0.2) is 5.82 Å². The molecule has 0 spiro atoms. The first-order chi connectivity index (χ1) is 11.8. The Labute approximate surface area is 146 Å². The van der Waals surface area contributed by atoms with Crippen LogP contribution in [0, 0.1) is 19.8 Å². The summed E-state index contributed by atoms with van der Waals surface area (Å²) in [6.45, 7) is 9.41. The van der Waals surface area contributed by atoms with Crippen molar-refractivity contribution in [3.8, 4) is 0 Å². The van der Waals surface area contributed by atoms with Crippen LogP contribution < -0.4 is 5.32 Å². The van der Waals surface area contributed by atoms with E-state index in [1.165, 1.54) is 7.11 Å². The average molecular weight is 347 g/mol. The molecular formula is C17H25N5O3. The summed E-state index contributed by atoms with van der Waals surface area (Å²) >= 11 is 0. The van der Waals surface area contributed by atoms with Gasteiger partial charge in [-0.2, -0.15) is 5.10 Å². The van der Waals surface area contributed by atoms with E-state index in [2.05, 4.69) is 25.5 Å². The van der Waals surface area contributed by atoms with E-state index in [0.717, 1.165) is 0 Å². The third-order valence-corrected chi connectivity index (χ3v) is 4.14. The van der Waals surface area contributed by atoms with Crippen molar-refractivity contribution in [2.24, 2.45) is 5.92 Å². The third-order valence-electron chi connectivity index (χ3n) is 4.14. The van der Waals surface area contributed by atoms with E-state index in [9.17, 15) is 9.59 Å². The lowest BCUT2D eigenvalue weighted by Crippen LogP contribution is -2.33. The van der Waals surface area contributed by atoms with Gasteiger partial charge in [0, 0.05) is 5.69 Å². The van der Waals surface area contributed by atoms with Gasteiger partial charge in [-0.05, 0) is 31.7 Å². The molecular weight excluding hydrogens is 322 g/mol. The number of hydrogen-bond acceptors (Lipinski definition) is 5. The first-order valence-corrected chi connectivity index (χ1v) is 8.29. The summed E-state index contributed by atoms with van der Waals surface area (Å²) in [5.74, 6) is 0.569. The Kier molecular flexibility index (Phi) is 5.61. The fourth-order valence-electron chi connectivity index (χ4n) is 2.77. The Morgan fingerprint density at radius 3 is 2.44 bits per heavy atom. The second kappa shape index (κ2) is 7.50. The molecule has 2 heterocycles. The van der Waals surface area contributed by atoms with Gasteiger partial charge < -0.3 is 15.0 Å². The van der Waals surface area contributed by atoms with Crippen LogP contribution in [0.2, 0.25) is 0 Å². The molecule has 136 valence electrons. The SMILES string of the molecule is CCc1[nH]c(C(=O)NC(c2n[nH]c(C)n2)C(C)C)c(C)c1C(=O)OC. The van der Waals surface area contributed by atoms with Gasteiger partial charge in [0.2, 0.25) is 0 Å². The number of aryl methyl sites for hydroxylation is 2. The molecule has 0 aliphatic rings. The first kappa shape index (κ1) is 18.7. The summed E-state index contributed by atoms with van der Waals surface area (Å²) < 4.78 is 4.83. The van der Waals surface area contributed by atoms with Crippen LogP contribution in [0.15, 0.2) is 0 Å². The minimum Gasteiger partial charge on any atom is -0.465 e. The van der Waals surface area contributed by atoms with Gasteiger partial charge in [0.25, 0.3) is 5.91 Å². The number of hydrogen-bond donors (Lipinski definition) is 3. The van der Waals surface area contributed by atoms with Crippen LogP contribution in [0.1, 0.15) is 70.6 Å². The Balaban J connectivity index is 2.33. The highest BCUT2D eigenvalue weighted by atomic mass is 16.5. The zero-order valence-corrected chi connectivity index (χ0v) is 15.5. The smallest absolute Gasteiger partial charge is 0.339 e. The van der Waals surface area contributed by atoms with E-state index in [4.69, 9.17) is 4.74 Å². The zero-order chi connectivity index (χ0) is 18.7. The van der Waals surface area contributed by atoms with Crippen molar-refractivity contribution < 1.29 is 14.3 Å². The van der Waals surface area contributed by atoms with Gasteiger partial charge in [-0.1, -0.05) is 20.8 Å². The fraction of sp³-hybridized carbons (Fsp3) is 0.529. The van der Waals surface area contributed by atoms with E-state index in [1.54, 1.807) is 13.8 Å². The lowest BCUT2D eigenvalue weighted by molar-refractivity contribution is 0.0599. The standard InChI is InChI=1S/C17H25N5O3/c1-7-11-12(17(24)25-6)9(4)14(19-11)16(23)20-13(8(2)3)15-18-10(5)21-22-15/h8,13,19H,7H2,1-6H3,(H,20,23)(H,18,21,22). The quantitative estimate of drug-likeness (QED) is 0.694. The number of amides is 1. The van der Waals surface area contributed by atoms with Crippen molar-refractivity contribution in [3.63, 3.8) is 0 Å². The number of H-pyrrole nitrogens is 2. The molecule has 25 heavy (non-hydrogen) atoms. The molecule has 0 radical (unpaired) electrons. The number of esters is 1. The number of nitrogens with one attached hydrogen (secondary N) is 3. The van der Waals surface area contributed by atoms with Crippen molar-refractivity contribution >= 4 is 11.9 Å². The van der Waals surface area contributed by atoms with E-state index < -0.39 is 5.97 Å². The summed E-state index contributed by atoms with van der Waals surface area (Å²) in [6, 6.07) is -0.341. The number of aromatic nitrogens is 4. The van der Waals surface area contributed by atoms with Crippen LogP contribution in [0.5, 0.6) is 0 Å². The lowest BCUT2D eigenvalue weighted by Gasteiger charge is -2.19. The van der Waals surface area contributed by atoms with Crippen molar-refractivity contribution in [2.45, 2.75) is 47.1 Å². The highest BCUT2D eigenvalue weighted by Crippen LogP contribution is 2.23. The van der Waals surface area contributed by atoms with Crippen LogP contribution in [0.25, 0.3) is 0 Å². The van der Waals surface area contributed by atoms with E-state index >= 15 is 0 Å². The number of ether oxygens (including phenoxy) is 1. The molecule has 1 amide bonds. The summed E-state index contributed by atoms with van der Waals surface area (Å²) in [5.41, 5.74) is 2.04. The van der Waals surface area contributed by atoms with E-state index in [-0.39, 0.29) is 17.9 Å². The van der Waals surface area contributed by atoms with Crippen LogP contribution >= 0.6 is 0 Å². The van der Waals surface area contributed by atoms with Crippen LogP contribution in [0.4, 0.5) is 0 Å². The number of rotatable bonds is 6. The molecule has 1 atom stereocenters. The zero-order valence-electron chi connectivity index (χ0n) is 15.5. The summed E-state index contributed by atoms with van der Waals surface area (Å²) in [7, 11) is 1.33. The van der Waals surface area contributed by atoms with E-state index in [0.29, 0.717) is 40.6 Å². The molecule has 0 saturated carbocycles. The first-order valence-electron chi connectivity index (χ1n) is 8.29. The van der Waals surface area contributed by atoms with Crippen LogP contribution in [-0.4, -0.2) is 39.2 Å². The molecule has 1 unspecified atom stereocenters. The number of methoxy groups -OCH3 is 1. The van der Waals surface area contributed by atoms with Crippen molar-refractivity contribution in [3.05, 3.63) is 34.2 Å². The predicted octanol–water partition coefficient (Wildman–Crippen LogP) is 2.23. The maximum Gasteiger partial charge on any atom is 0.339 e. The fourth-order valence-corrected chi connectivity index (χ4v) is 2.77. The molecule has 0 fully saturated rings. The van der Waals surface area contributed by atoms with Crippen molar-refractivity contribution in [1.82, 2.24) is 25.5 Å². The molecule has 2 aromatic heterocycles. The normalized spacial score (nSPS) is 12.3. The van der Waals surface area contributed by atoms with Gasteiger partial charge in [-0.3, -0.25) is 9.89 Å². The minimum absolute atomic E-state index is 0.0974. The van der Waals surface area contributed by atoms with Crippen molar-refractivity contribution in [2.75, 3.05) is 7.11 Å². The Morgan fingerprint density at radius 1 is 1.28 bits per heavy atom. The number of carbonyl (C=O) groups excluding carboxylic acids is 2. The molecule has 3 N–H and O–H groups in total. The lowest BCUT2D eigenvalue weighted by atomic mass is 10.0. The maximum atomic E-state index is 12.8. The maximum absolute atomic E-state index is 12.8. The molecule has 0 bridgehead atoms. The van der Waals surface area contributed by atoms with Gasteiger partial charge in [-0.25, -0.2) is 9.78 Å². The summed E-state index contributed by atoms with van der Waals surface area (Å²) in [6.07, 6.45) is 0.590. The average Bonchev–Trinajstić information content (AvgIpc) is 3.14. The Bertz CT molecular complexity index is 775. The topological polar surface area (TPSA) is 113 Å². The van der Waals surface area contributed by atoms with Crippen LogP contribution in [-0.2, 0) is 11.2 Å². The molecule has 8 nitrogen and oxygen atoms in total. The minimum atomic E-state index is -0.449. The molecule has 0 aliphatic carbocycles. The second-order valence-corrected chi connectivity index (χ2v) is 6.30. The Hall–Kier alpha value is -2.64. The molecule has 0 aliphatic heterocycles. The summed E-state index contributed by atoms with van der Waals surface area (Å²) in [5, 5.41) is 9.90. The third kappa shape index (κ3) is 3.72. The largest absolute Gasteiger partial charge is 0.465 e. The molecule has 2 aromatic rings. The monoisotopic (exact) mass is 347 g/mol. The number of aromatic amines is 2. The molecule has 8 heteroatoms. The van der Waals surface area contributed by atoms with Crippen molar-refractivity contribution in [1.29, 1.82) is 0 Å². The van der Waals surface area contributed by atoms with Gasteiger partial charge in [0.1, 0.15) is 11.5 Å². The van der Waals surface area contributed by atoms with Gasteiger partial charge in [-0.15, -0.1) is 0 Å².